The quantitative estimate of drug-likeness (QED) is 0.791. The fraction of sp³-hybridized carbons (Fsp3) is 0.462. The summed E-state index contributed by atoms with van der Waals surface area (Å²) in [6, 6.07) is 3.53. The molecule has 21 heavy (non-hydrogen) atoms. The van der Waals surface area contributed by atoms with Crippen molar-refractivity contribution in [3.63, 3.8) is 0 Å². The van der Waals surface area contributed by atoms with E-state index in [1.165, 1.54) is 12.1 Å². The Hall–Kier alpha value is -1.67. The van der Waals surface area contributed by atoms with Gasteiger partial charge in [0.15, 0.2) is 9.84 Å². The molecule has 1 aromatic rings. The zero-order valence-electron chi connectivity index (χ0n) is 11.7. The number of carbonyl (C=O) groups excluding carboxylic acids is 1. The Morgan fingerprint density at radius 2 is 2.24 bits per heavy atom. The van der Waals surface area contributed by atoms with Crippen LogP contribution in [-0.4, -0.2) is 49.9 Å². The number of hydrogen-bond donors (Lipinski definition) is 2. The first-order valence-electron chi connectivity index (χ1n) is 6.56. The molecule has 2 rings (SSSR count). The number of nitrogens with two attached hydrogens (primary N) is 1. The molecule has 1 unspecified atom stereocenters. The maximum absolute atomic E-state index is 12.9. The lowest BCUT2D eigenvalue weighted by molar-refractivity contribution is -0.117. The van der Waals surface area contributed by atoms with Crippen molar-refractivity contribution < 1.29 is 17.6 Å². The van der Waals surface area contributed by atoms with Crippen LogP contribution in [0.1, 0.15) is 6.92 Å². The molecule has 0 aliphatic carbocycles. The molecule has 1 aliphatic rings. The van der Waals surface area contributed by atoms with Crippen LogP contribution in [0.5, 0.6) is 0 Å². The first kappa shape index (κ1) is 15.7. The van der Waals surface area contributed by atoms with Gasteiger partial charge in [0, 0.05) is 12.6 Å². The minimum Gasteiger partial charge on any atom is -0.397 e. The van der Waals surface area contributed by atoms with Gasteiger partial charge in [-0.1, -0.05) is 0 Å². The molecule has 3 N–H and O–H groups in total. The number of rotatable bonds is 3. The third-order valence-corrected chi connectivity index (χ3v) is 5.24. The van der Waals surface area contributed by atoms with Gasteiger partial charge in [0.2, 0.25) is 5.91 Å². The van der Waals surface area contributed by atoms with Crippen LogP contribution in [-0.2, 0) is 14.6 Å². The second kappa shape index (κ2) is 5.98. The van der Waals surface area contributed by atoms with Crippen LogP contribution in [0.3, 0.4) is 0 Å². The van der Waals surface area contributed by atoms with Crippen molar-refractivity contribution in [3.8, 4) is 0 Å². The van der Waals surface area contributed by atoms with E-state index >= 15 is 0 Å². The molecule has 1 aliphatic heterocycles. The molecule has 6 nitrogen and oxygen atoms in total. The highest BCUT2D eigenvalue weighted by atomic mass is 32.2. The Morgan fingerprint density at radius 1 is 1.52 bits per heavy atom. The van der Waals surface area contributed by atoms with Crippen molar-refractivity contribution in [3.05, 3.63) is 24.0 Å². The molecule has 0 saturated carbocycles. The summed E-state index contributed by atoms with van der Waals surface area (Å²) in [4.78, 5) is 13.8. The summed E-state index contributed by atoms with van der Waals surface area (Å²) in [5, 5.41) is 2.60. The van der Waals surface area contributed by atoms with E-state index < -0.39 is 15.7 Å². The lowest BCUT2D eigenvalue weighted by Crippen LogP contribution is -2.49. The summed E-state index contributed by atoms with van der Waals surface area (Å²) in [5.41, 5.74) is 6.11. The largest absolute Gasteiger partial charge is 0.397 e. The van der Waals surface area contributed by atoms with Crippen molar-refractivity contribution >= 4 is 27.1 Å². The van der Waals surface area contributed by atoms with Gasteiger partial charge in [-0.3, -0.25) is 9.69 Å². The Labute approximate surface area is 123 Å². The predicted octanol–water partition coefficient (Wildman–Crippen LogP) is 0.465. The first-order chi connectivity index (χ1) is 9.77. The van der Waals surface area contributed by atoms with Gasteiger partial charge in [0.1, 0.15) is 5.82 Å². The highest BCUT2D eigenvalue weighted by Gasteiger charge is 2.29. The molecule has 1 fully saturated rings. The topological polar surface area (TPSA) is 92.5 Å². The number of carbonyl (C=O) groups is 1. The van der Waals surface area contributed by atoms with E-state index in [1.807, 2.05) is 0 Å². The summed E-state index contributed by atoms with van der Waals surface area (Å²) in [5.74, 6) is -0.665. The highest BCUT2D eigenvalue weighted by molar-refractivity contribution is 7.91. The molecule has 1 amide bonds. The van der Waals surface area contributed by atoms with Crippen LogP contribution in [0.2, 0.25) is 0 Å². The number of nitrogens with one attached hydrogen (secondary N) is 1. The molecule has 0 spiro atoms. The van der Waals surface area contributed by atoms with E-state index in [2.05, 4.69) is 5.32 Å². The van der Waals surface area contributed by atoms with Crippen LogP contribution in [0, 0.1) is 5.82 Å². The van der Waals surface area contributed by atoms with Crippen molar-refractivity contribution in [1.82, 2.24) is 4.90 Å². The number of amides is 1. The number of nitrogens with zero attached hydrogens (tertiary/aromatic N) is 1. The van der Waals surface area contributed by atoms with Crippen molar-refractivity contribution in [1.29, 1.82) is 0 Å². The maximum Gasteiger partial charge on any atom is 0.238 e. The Bertz CT molecular complexity index is 648. The summed E-state index contributed by atoms with van der Waals surface area (Å²) >= 11 is 0. The second-order valence-corrected chi connectivity index (χ2v) is 7.44. The van der Waals surface area contributed by atoms with E-state index in [0.717, 1.165) is 6.07 Å². The van der Waals surface area contributed by atoms with Gasteiger partial charge in [-0.05, 0) is 25.1 Å². The van der Waals surface area contributed by atoms with Crippen molar-refractivity contribution in [2.24, 2.45) is 0 Å². The molecule has 1 aromatic carbocycles. The van der Waals surface area contributed by atoms with Gasteiger partial charge in [0.25, 0.3) is 0 Å². The van der Waals surface area contributed by atoms with Crippen LogP contribution < -0.4 is 11.1 Å². The van der Waals surface area contributed by atoms with Crippen LogP contribution in [0.25, 0.3) is 0 Å². The van der Waals surface area contributed by atoms with Gasteiger partial charge < -0.3 is 11.1 Å². The molecule has 8 heteroatoms. The van der Waals surface area contributed by atoms with E-state index in [-0.39, 0.29) is 35.7 Å². The standard InChI is InChI=1S/C13H18FN3O3S/c1-9-8-21(19,20)5-4-17(9)7-13(18)16-12-3-2-10(14)6-11(12)15/h2-3,6,9H,4-5,7-8,15H2,1H3,(H,16,18). The van der Waals surface area contributed by atoms with E-state index in [1.54, 1.807) is 11.8 Å². The zero-order chi connectivity index (χ0) is 15.6. The molecule has 1 heterocycles. The van der Waals surface area contributed by atoms with Crippen LogP contribution in [0.15, 0.2) is 18.2 Å². The maximum atomic E-state index is 12.9. The van der Waals surface area contributed by atoms with Gasteiger partial charge in [-0.15, -0.1) is 0 Å². The number of hydrogen-bond acceptors (Lipinski definition) is 5. The number of halogens is 1. The Kier molecular flexibility index (Phi) is 4.48. The molecule has 116 valence electrons. The first-order valence-corrected chi connectivity index (χ1v) is 8.38. The van der Waals surface area contributed by atoms with E-state index in [4.69, 9.17) is 5.73 Å². The number of nitrogen functional groups attached to an aromatic ring is 1. The number of sulfone groups is 1. The summed E-state index contributed by atoms with van der Waals surface area (Å²) in [6.45, 7) is 2.18. The molecular formula is C13H18FN3O3S. The zero-order valence-corrected chi connectivity index (χ0v) is 12.5. The lowest BCUT2D eigenvalue weighted by atomic mass is 10.2. The van der Waals surface area contributed by atoms with Gasteiger partial charge in [-0.2, -0.15) is 0 Å². The monoisotopic (exact) mass is 315 g/mol. The SMILES string of the molecule is CC1CS(=O)(=O)CCN1CC(=O)Nc1ccc(F)cc1N. The normalized spacial score (nSPS) is 21.9. The highest BCUT2D eigenvalue weighted by Crippen LogP contribution is 2.19. The molecule has 0 aromatic heterocycles. The number of benzene rings is 1. The summed E-state index contributed by atoms with van der Waals surface area (Å²) in [6.07, 6.45) is 0. The molecule has 0 bridgehead atoms. The van der Waals surface area contributed by atoms with Crippen LogP contribution >= 0.6 is 0 Å². The number of anilines is 2. The Balaban J connectivity index is 1.96. The van der Waals surface area contributed by atoms with Gasteiger partial charge >= 0.3 is 0 Å². The van der Waals surface area contributed by atoms with Crippen LogP contribution in [0.4, 0.5) is 15.8 Å². The fourth-order valence-corrected chi connectivity index (χ4v) is 3.91. The molecule has 0 radical (unpaired) electrons. The predicted molar refractivity (Wildman–Crippen MR) is 79.1 cm³/mol. The molecule has 1 saturated heterocycles. The van der Waals surface area contributed by atoms with Crippen molar-refractivity contribution in [2.45, 2.75) is 13.0 Å². The second-order valence-electron chi connectivity index (χ2n) is 5.21. The van der Waals surface area contributed by atoms with E-state index in [9.17, 15) is 17.6 Å². The lowest BCUT2D eigenvalue weighted by Gasteiger charge is -2.32. The average molecular weight is 315 g/mol. The average Bonchev–Trinajstić information content (AvgIpc) is 2.36. The van der Waals surface area contributed by atoms with Gasteiger partial charge in [-0.25, -0.2) is 12.8 Å². The third kappa shape index (κ3) is 4.15. The molecule has 1 atom stereocenters. The minimum absolute atomic E-state index is 0.0545. The van der Waals surface area contributed by atoms with Crippen molar-refractivity contribution in [2.75, 3.05) is 35.6 Å². The summed E-state index contributed by atoms with van der Waals surface area (Å²) < 4.78 is 35.9. The smallest absolute Gasteiger partial charge is 0.238 e. The Morgan fingerprint density at radius 3 is 2.86 bits per heavy atom. The fourth-order valence-electron chi connectivity index (χ4n) is 2.29. The van der Waals surface area contributed by atoms with Gasteiger partial charge in [0.05, 0.1) is 29.4 Å². The third-order valence-electron chi connectivity index (χ3n) is 3.44. The molecular weight excluding hydrogens is 297 g/mol. The summed E-state index contributed by atoms with van der Waals surface area (Å²) in [7, 11) is -3.01. The van der Waals surface area contributed by atoms with E-state index in [0.29, 0.717) is 12.2 Å². The minimum atomic E-state index is -3.01.